The Balaban J connectivity index is 1.57. The monoisotopic (exact) mass is 474 g/mol. The molecule has 0 fully saturated rings. The number of hydrogen-bond acceptors (Lipinski definition) is 9. The summed E-state index contributed by atoms with van der Waals surface area (Å²) in [7, 11) is 1.61. The normalized spacial score (nSPS) is 13.6. The van der Waals surface area contributed by atoms with Crippen LogP contribution in [0.15, 0.2) is 47.5 Å². The molecule has 1 amide bonds. The van der Waals surface area contributed by atoms with Crippen LogP contribution in [0.25, 0.3) is 16.8 Å². The van der Waals surface area contributed by atoms with Crippen LogP contribution in [0.2, 0.25) is 0 Å². The minimum absolute atomic E-state index is 0.226. The lowest BCUT2D eigenvalue weighted by molar-refractivity contribution is 0.0270. The lowest BCUT2D eigenvalue weighted by Gasteiger charge is -2.29. The van der Waals surface area contributed by atoms with Crippen LogP contribution in [0.3, 0.4) is 0 Å². The maximum Gasteiger partial charge on any atom is 0.410 e. The number of amides is 1. The maximum atomic E-state index is 12.4. The van der Waals surface area contributed by atoms with Gasteiger partial charge in [-0.15, -0.1) is 0 Å². The molecule has 0 saturated carbocycles. The van der Waals surface area contributed by atoms with Gasteiger partial charge in [-0.25, -0.2) is 14.8 Å². The van der Waals surface area contributed by atoms with Gasteiger partial charge in [-0.3, -0.25) is 0 Å². The number of nitrogens with one attached hydrogen (secondary N) is 1. The van der Waals surface area contributed by atoms with Crippen molar-refractivity contribution in [3.05, 3.63) is 54.2 Å². The third kappa shape index (κ3) is 5.76. The van der Waals surface area contributed by atoms with E-state index in [1.165, 1.54) is 18.7 Å². The Morgan fingerprint density at radius 3 is 2.63 bits per heavy atom. The van der Waals surface area contributed by atoms with Crippen LogP contribution >= 0.6 is 0 Å². The highest BCUT2D eigenvalue weighted by Crippen LogP contribution is 2.35. The SMILES string of the molecule is COc1cc(C2=CCN(C(=O)OC(C)(C)C)CC2)cc(-c2nocc2Nc2cnc(C#N)cn2)c1. The Kier molecular flexibility index (Phi) is 6.68. The Labute approximate surface area is 203 Å². The van der Waals surface area contributed by atoms with Crippen LogP contribution in [0.5, 0.6) is 5.75 Å². The summed E-state index contributed by atoms with van der Waals surface area (Å²) in [6, 6.07) is 7.77. The van der Waals surface area contributed by atoms with Crippen molar-refractivity contribution in [1.29, 1.82) is 5.26 Å². The zero-order valence-corrected chi connectivity index (χ0v) is 20.0. The molecular formula is C25H26N6O4. The number of ether oxygens (including phenoxy) is 2. The minimum atomic E-state index is -0.532. The van der Waals surface area contributed by atoms with Crippen molar-refractivity contribution < 1.29 is 18.8 Å². The zero-order chi connectivity index (χ0) is 25.0. The van der Waals surface area contributed by atoms with Gasteiger partial charge in [-0.1, -0.05) is 11.2 Å². The second kappa shape index (κ2) is 9.85. The molecule has 0 spiro atoms. The van der Waals surface area contributed by atoms with Gasteiger partial charge in [0.2, 0.25) is 0 Å². The van der Waals surface area contributed by atoms with Crippen molar-refractivity contribution in [3.8, 4) is 23.1 Å². The van der Waals surface area contributed by atoms with Crippen molar-refractivity contribution in [1.82, 2.24) is 20.0 Å². The average molecular weight is 475 g/mol. The number of carbonyl (C=O) groups is 1. The van der Waals surface area contributed by atoms with Gasteiger partial charge in [0.05, 0.1) is 19.5 Å². The van der Waals surface area contributed by atoms with Gasteiger partial charge in [-0.05, 0) is 56.5 Å². The Morgan fingerprint density at radius 1 is 1.20 bits per heavy atom. The fraction of sp³-hybridized carbons (Fsp3) is 0.320. The molecule has 0 unspecified atom stereocenters. The smallest absolute Gasteiger partial charge is 0.410 e. The third-order valence-corrected chi connectivity index (χ3v) is 5.25. The largest absolute Gasteiger partial charge is 0.497 e. The molecule has 10 nitrogen and oxygen atoms in total. The average Bonchev–Trinajstić information content (AvgIpc) is 3.31. The number of methoxy groups -OCH3 is 1. The fourth-order valence-corrected chi connectivity index (χ4v) is 3.58. The standard InChI is InChI=1S/C25H26N6O4/c1-25(2,3)35-24(32)31-7-5-16(6-8-31)17-9-18(11-20(10-17)33-4)23-21(15-34-30-23)29-22-14-27-19(12-26)13-28-22/h5,9-11,13-15H,6-8H2,1-4H3,(H,28,29). The van der Waals surface area contributed by atoms with E-state index in [1.54, 1.807) is 12.0 Å². The van der Waals surface area contributed by atoms with Crippen LogP contribution < -0.4 is 10.1 Å². The van der Waals surface area contributed by atoms with E-state index in [4.69, 9.17) is 19.3 Å². The van der Waals surface area contributed by atoms with E-state index >= 15 is 0 Å². The van der Waals surface area contributed by atoms with Crippen molar-refractivity contribution in [2.75, 3.05) is 25.5 Å². The maximum absolute atomic E-state index is 12.4. The van der Waals surface area contributed by atoms with E-state index in [2.05, 4.69) is 20.4 Å². The molecule has 1 aliphatic rings. The van der Waals surface area contributed by atoms with Crippen molar-refractivity contribution in [3.63, 3.8) is 0 Å². The molecule has 3 heterocycles. The van der Waals surface area contributed by atoms with Crippen LogP contribution in [0, 0.1) is 11.3 Å². The van der Waals surface area contributed by atoms with Crippen molar-refractivity contribution in [2.45, 2.75) is 32.8 Å². The van der Waals surface area contributed by atoms with E-state index < -0.39 is 5.60 Å². The molecule has 0 saturated heterocycles. The first kappa shape index (κ1) is 23.8. The van der Waals surface area contributed by atoms with Gasteiger partial charge < -0.3 is 24.2 Å². The summed E-state index contributed by atoms with van der Waals surface area (Å²) in [5.41, 5.74) is 3.71. The van der Waals surface area contributed by atoms with Gasteiger partial charge in [0, 0.05) is 18.7 Å². The van der Waals surface area contributed by atoms with E-state index in [0.29, 0.717) is 42.5 Å². The molecule has 180 valence electrons. The number of rotatable bonds is 5. The number of benzene rings is 1. The van der Waals surface area contributed by atoms with Crippen LogP contribution in [-0.4, -0.2) is 51.9 Å². The van der Waals surface area contributed by atoms with Gasteiger partial charge in [-0.2, -0.15) is 5.26 Å². The molecule has 4 rings (SSSR count). The van der Waals surface area contributed by atoms with E-state index in [0.717, 1.165) is 16.7 Å². The fourth-order valence-electron chi connectivity index (χ4n) is 3.58. The van der Waals surface area contributed by atoms with Gasteiger partial charge in [0.15, 0.2) is 5.69 Å². The summed E-state index contributed by atoms with van der Waals surface area (Å²) in [6.07, 6.45) is 6.72. The first-order valence-electron chi connectivity index (χ1n) is 11.1. The molecule has 1 aromatic carbocycles. The number of anilines is 2. The minimum Gasteiger partial charge on any atom is -0.497 e. The van der Waals surface area contributed by atoms with Crippen molar-refractivity contribution >= 4 is 23.2 Å². The molecule has 35 heavy (non-hydrogen) atoms. The highest BCUT2D eigenvalue weighted by Gasteiger charge is 2.24. The number of nitriles is 1. The van der Waals surface area contributed by atoms with Gasteiger partial charge in [0.25, 0.3) is 0 Å². The first-order chi connectivity index (χ1) is 16.8. The highest BCUT2D eigenvalue weighted by atomic mass is 16.6. The molecule has 0 bridgehead atoms. The molecular weight excluding hydrogens is 448 g/mol. The number of nitrogens with zero attached hydrogens (tertiary/aromatic N) is 5. The lowest BCUT2D eigenvalue weighted by Crippen LogP contribution is -2.39. The lowest BCUT2D eigenvalue weighted by atomic mass is 9.96. The third-order valence-electron chi connectivity index (χ3n) is 5.25. The van der Waals surface area contributed by atoms with Crippen molar-refractivity contribution in [2.24, 2.45) is 0 Å². The molecule has 1 N–H and O–H groups in total. The second-order valence-corrected chi connectivity index (χ2v) is 8.96. The second-order valence-electron chi connectivity index (χ2n) is 8.96. The summed E-state index contributed by atoms with van der Waals surface area (Å²) >= 11 is 0. The number of aromatic nitrogens is 3. The molecule has 10 heteroatoms. The molecule has 0 radical (unpaired) electrons. The van der Waals surface area contributed by atoms with Crippen LogP contribution in [0.4, 0.5) is 16.3 Å². The van der Waals surface area contributed by atoms with E-state index in [9.17, 15) is 4.79 Å². The van der Waals surface area contributed by atoms with Crippen LogP contribution in [-0.2, 0) is 4.74 Å². The van der Waals surface area contributed by atoms with Gasteiger partial charge >= 0.3 is 6.09 Å². The molecule has 3 aromatic rings. The van der Waals surface area contributed by atoms with E-state index in [-0.39, 0.29) is 11.8 Å². The number of carbonyl (C=O) groups excluding carboxylic acids is 1. The van der Waals surface area contributed by atoms with Crippen LogP contribution in [0.1, 0.15) is 38.4 Å². The predicted molar refractivity (Wildman–Crippen MR) is 129 cm³/mol. The van der Waals surface area contributed by atoms with E-state index in [1.807, 2.05) is 51.1 Å². The summed E-state index contributed by atoms with van der Waals surface area (Å²) in [5.74, 6) is 1.12. The summed E-state index contributed by atoms with van der Waals surface area (Å²) in [6.45, 7) is 6.59. The Hall–Kier alpha value is -4.39. The first-order valence-corrected chi connectivity index (χ1v) is 11.1. The number of hydrogen-bond donors (Lipinski definition) is 1. The zero-order valence-electron chi connectivity index (χ0n) is 20.0. The highest BCUT2D eigenvalue weighted by molar-refractivity contribution is 5.81. The predicted octanol–water partition coefficient (Wildman–Crippen LogP) is 4.78. The molecule has 0 aliphatic carbocycles. The summed E-state index contributed by atoms with van der Waals surface area (Å²) < 4.78 is 16.3. The quantitative estimate of drug-likeness (QED) is 0.556. The van der Waals surface area contributed by atoms with Gasteiger partial charge in [0.1, 0.15) is 40.9 Å². The summed E-state index contributed by atoms with van der Waals surface area (Å²) in [4.78, 5) is 22.3. The Morgan fingerprint density at radius 2 is 2.00 bits per heavy atom. The molecule has 1 aliphatic heterocycles. The molecule has 0 atom stereocenters. The topological polar surface area (TPSA) is 126 Å². The summed E-state index contributed by atoms with van der Waals surface area (Å²) in [5, 5.41) is 16.2. The molecule has 2 aromatic heterocycles. The Bertz CT molecular complexity index is 1280.